The summed E-state index contributed by atoms with van der Waals surface area (Å²) < 4.78 is 0. The topological polar surface area (TPSA) is 29.0 Å². The van der Waals surface area contributed by atoms with E-state index in [0.29, 0.717) is 0 Å². The lowest BCUT2D eigenvalue weighted by Gasteiger charge is -2.47. The molecule has 46 heavy (non-hydrogen) atoms. The second kappa shape index (κ2) is 11.3. The van der Waals surface area contributed by atoms with Crippen LogP contribution in [-0.4, -0.2) is 9.97 Å². The van der Waals surface area contributed by atoms with Crippen molar-refractivity contribution in [1.82, 2.24) is 9.97 Å². The maximum absolute atomic E-state index is 4.46. The van der Waals surface area contributed by atoms with Crippen LogP contribution in [0.2, 0.25) is 0 Å². The molecule has 0 unspecified atom stereocenters. The summed E-state index contributed by atoms with van der Waals surface area (Å²) in [4.78, 5) is 11.4. The van der Waals surface area contributed by atoms with Gasteiger partial charge in [-0.25, -0.2) is 0 Å². The van der Waals surface area contributed by atoms with Gasteiger partial charge in [0.15, 0.2) is 0 Å². The van der Waals surface area contributed by atoms with Crippen molar-refractivity contribution >= 4 is 17.1 Å². The highest BCUT2D eigenvalue weighted by Gasteiger charge is 2.46. The molecule has 5 aromatic carbocycles. The quantitative estimate of drug-likeness (QED) is 0.199. The minimum absolute atomic E-state index is 0.519. The summed E-state index contributed by atoms with van der Waals surface area (Å²) >= 11 is 0. The molecule has 0 N–H and O–H groups in total. The zero-order valence-electron chi connectivity index (χ0n) is 25.9. The largest absolute Gasteiger partial charge is 0.310 e. The van der Waals surface area contributed by atoms with E-state index in [-0.39, 0.29) is 0 Å². The van der Waals surface area contributed by atoms with Gasteiger partial charge in [-0.05, 0) is 89.7 Å². The van der Waals surface area contributed by atoms with Crippen molar-refractivity contribution < 1.29 is 0 Å². The van der Waals surface area contributed by atoms with Gasteiger partial charge in [0.2, 0.25) is 0 Å². The molecule has 0 spiro atoms. The molecule has 0 fully saturated rings. The molecule has 1 aliphatic heterocycles. The number of aromatic nitrogens is 2. The molecule has 3 heteroatoms. The SMILES string of the molecule is Cc1ccc2c(c1)C(c1ccccc1)(c1ccccc1)c1cc(C)ccc1N2c1cc(-c2cccnc2)cc(-c2cccnc2)c1. The van der Waals surface area contributed by atoms with Crippen LogP contribution in [0.4, 0.5) is 17.1 Å². The summed E-state index contributed by atoms with van der Waals surface area (Å²) in [5.74, 6) is 0. The van der Waals surface area contributed by atoms with Gasteiger partial charge in [0.1, 0.15) is 0 Å². The number of pyridine rings is 2. The van der Waals surface area contributed by atoms with Crippen LogP contribution < -0.4 is 4.90 Å². The summed E-state index contributed by atoms with van der Waals surface area (Å²) in [6.45, 7) is 4.39. The van der Waals surface area contributed by atoms with Gasteiger partial charge in [-0.2, -0.15) is 0 Å². The van der Waals surface area contributed by atoms with Gasteiger partial charge in [0.05, 0.1) is 16.8 Å². The molecule has 0 amide bonds. The van der Waals surface area contributed by atoms with Crippen molar-refractivity contribution in [1.29, 1.82) is 0 Å². The normalized spacial score (nSPS) is 13.1. The van der Waals surface area contributed by atoms with Gasteiger partial charge in [-0.3, -0.25) is 9.97 Å². The molecule has 0 bridgehead atoms. The smallest absolute Gasteiger partial charge is 0.0742 e. The summed E-state index contributed by atoms with van der Waals surface area (Å²) in [5, 5.41) is 0. The number of rotatable bonds is 5. The zero-order chi connectivity index (χ0) is 31.1. The van der Waals surface area contributed by atoms with E-state index in [2.05, 4.69) is 156 Å². The van der Waals surface area contributed by atoms with E-state index in [0.717, 1.165) is 39.3 Å². The second-order valence-electron chi connectivity index (χ2n) is 12.1. The van der Waals surface area contributed by atoms with Gasteiger partial charge in [0.25, 0.3) is 0 Å². The van der Waals surface area contributed by atoms with E-state index in [1.54, 1.807) is 0 Å². The second-order valence-corrected chi connectivity index (χ2v) is 12.1. The molecule has 220 valence electrons. The van der Waals surface area contributed by atoms with Crippen LogP contribution in [0.5, 0.6) is 0 Å². The Labute approximate surface area is 270 Å². The molecule has 8 rings (SSSR count). The Morgan fingerprint density at radius 2 is 0.935 bits per heavy atom. The molecule has 1 aliphatic rings. The zero-order valence-corrected chi connectivity index (χ0v) is 25.9. The molecule has 3 nitrogen and oxygen atoms in total. The van der Waals surface area contributed by atoms with Gasteiger partial charge >= 0.3 is 0 Å². The molecular weight excluding hydrogens is 558 g/mol. The number of benzene rings is 5. The highest BCUT2D eigenvalue weighted by molar-refractivity contribution is 5.92. The Bertz CT molecular complexity index is 2010. The predicted molar refractivity (Wildman–Crippen MR) is 189 cm³/mol. The first-order valence-electron chi connectivity index (χ1n) is 15.7. The number of hydrogen-bond donors (Lipinski definition) is 0. The van der Waals surface area contributed by atoms with Crippen molar-refractivity contribution in [3.63, 3.8) is 0 Å². The van der Waals surface area contributed by atoms with Crippen LogP contribution in [-0.2, 0) is 5.41 Å². The molecule has 2 aromatic heterocycles. The maximum atomic E-state index is 4.46. The lowest BCUT2D eigenvalue weighted by atomic mass is 9.62. The van der Waals surface area contributed by atoms with E-state index in [1.807, 2.05) is 36.9 Å². The van der Waals surface area contributed by atoms with E-state index >= 15 is 0 Å². The number of nitrogens with zero attached hydrogens (tertiary/aromatic N) is 3. The van der Waals surface area contributed by atoms with Crippen molar-refractivity contribution in [2.24, 2.45) is 0 Å². The van der Waals surface area contributed by atoms with Crippen LogP contribution in [0, 0.1) is 13.8 Å². The Kier molecular flexibility index (Phi) is 6.80. The van der Waals surface area contributed by atoms with E-state index in [9.17, 15) is 0 Å². The molecular formula is C43H33N3. The first-order chi connectivity index (χ1) is 22.6. The third-order valence-electron chi connectivity index (χ3n) is 9.17. The van der Waals surface area contributed by atoms with Crippen LogP contribution in [0.15, 0.2) is 164 Å². The van der Waals surface area contributed by atoms with Crippen molar-refractivity contribution in [2.75, 3.05) is 4.90 Å². The predicted octanol–water partition coefficient (Wildman–Crippen LogP) is 10.6. The number of anilines is 3. The molecule has 3 heterocycles. The molecule has 0 saturated heterocycles. The van der Waals surface area contributed by atoms with Crippen LogP contribution >= 0.6 is 0 Å². The maximum Gasteiger partial charge on any atom is 0.0742 e. The average Bonchev–Trinajstić information content (AvgIpc) is 3.12. The third kappa shape index (κ3) is 4.52. The summed E-state index contributed by atoms with van der Waals surface area (Å²) in [6.07, 6.45) is 7.52. The van der Waals surface area contributed by atoms with Gasteiger partial charge in [-0.1, -0.05) is 108 Å². The fraction of sp³-hybridized carbons (Fsp3) is 0.0698. The van der Waals surface area contributed by atoms with Gasteiger partial charge < -0.3 is 4.90 Å². The number of fused-ring (bicyclic) bond motifs is 2. The first kappa shape index (κ1) is 27.7. The summed E-state index contributed by atoms with van der Waals surface area (Å²) in [6, 6.07) is 50.9. The van der Waals surface area contributed by atoms with Crippen LogP contribution in [0.1, 0.15) is 33.4 Å². The van der Waals surface area contributed by atoms with Gasteiger partial charge in [0, 0.05) is 41.6 Å². The minimum atomic E-state index is -0.519. The van der Waals surface area contributed by atoms with Crippen LogP contribution in [0.3, 0.4) is 0 Å². The van der Waals surface area contributed by atoms with Gasteiger partial charge in [-0.15, -0.1) is 0 Å². The fourth-order valence-corrected chi connectivity index (χ4v) is 7.15. The molecule has 7 aromatic rings. The third-order valence-corrected chi connectivity index (χ3v) is 9.17. The minimum Gasteiger partial charge on any atom is -0.310 e. The summed E-state index contributed by atoms with van der Waals surface area (Å²) in [5.41, 5.74) is 14.7. The molecule has 0 aliphatic carbocycles. The van der Waals surface area contributed by atoms with E-state index in [4.69, 9.17) is 0 Å². The standard InChI is InChI=1S/C43H33N3/c1-30-17-19-41-39(23-30)43(36-13-5-3-6-14-36,37-15-7-4-8-16-37)40-24-31(2)18-20-42(40)46(41)38-26-34(32-11-9-21-44-28-32)25-35(27-38)33-12-10-22-45-29-33/h3-29H,1-2H3. The Balaban J connectivity index is 1.48. The van der Waals surface area contributed by atoms with Crippen molar-refractivity contribution in [3.8, 4) is 22.3 Å². The number of aryl methyl sites for hydroxylation is 2. The Hall–Kier alpha value is -5.80. The lowest BCUT2D eigenvalue weighted by Crippen LogP contribution is -2.38. The molecule has 0 saturated carbocycles. The molecule has 0 radical (unpaired) electrons. The highest BCUT2D eigenvalue weighted by Crippen LogP contribution is 2.58. The van der Waals surface area contributed by atoms with Crippen molar-refractivity contribution in [2.45, 2.75) is 19.3 Å². The lowest BCUT2D eigenvalue weighted by molar-refractivity contribution is 0.729. The van der Waals surface area contributed by atoms with Crippen molar-refractivity contribution in [3.05, 3.63) is 198 Å². The van der Waals surface area contributed by atoms with E-state index in [1.165, 1.54) is 33.4 Å². The van der Waals surface area contributed by atoms with Crippen LogP contribution in [0.25, 0.3) is 22.3 Å². The van der Waals surface area contributed by atoms with E-state index < -0.39 is 5.41 Å². The number of hydrogen-bond acceptors (Lipinski definition) is 3. The highest BCUT2D eigenvalue weighted by atomic mass is 15.2. The monoisotopic (exact) mass is 591 g/mol. The fourth-order valence-electron chi connectivity index (χ4n) is 7.15. The summed E-state index contributed by atoms with van der Waals surface area (Å²) in [7, 11) is 0. The first-order valence-corrected chi connectivity index (χ1v) is 15.7. The Morgan fingerprint density at radius 3 is 1.37 bits per heavy atom. The molecule has 0 atom stereocenters. The Morgan fingerprint density at radius 1 is 0.457 bits per heavy atom. The average molecular weight is 592 g/mol.